The molecule has 9 heteroatoms. The van der Waals surface area contributed by atoms with E-state index in [1.54, 1.807) is 0 Å². The second-order valence-corrected chi connectivity index (χ2v) is 11.3. The number of fused-ring (bicyclic) bond motifs is 1. The molecule has 7 nitrogen and oxygen atoms in total. The first kappa shape index (κ1) is 27.1. The lowest BCUT2D eigenvalue weighted by Gasteiger charge is -2.37. The molecule has 1 saturated heterocycles. The molecular weight excluding hydrogens is 500 g/mol. The summed E-state index contributed by atoms with van der Waals surface area (Å²) >= 11 is 0. The van der Waals surface area contributed by atoms with Gasteiger partial charge in [-0.2, -0.15) is 5.26 Å². The van der Waals surface area contributed by atoms with Crippen molar-refractivity contribution in [3.8, 4) is 6.07 Å². The van der Waals surface area contributed by atoms with Crippen molar-refractivity contribution in [1.29, 1.82) is 5.26 Å². The fourth-order valence-corrected chi connectivity index (χ4v) is 6.67. The van der Waals surface area contributed by atoms with E-state index in [0.29, 0.717) is 18.0 Å². The van der Waals surface area contributed by atoms with Crippen LogP contribution < -0.4 is 10.6 Å². The van der Waals surface area contributed by atoms with Gasteiger partial charge in [0.2, 0.25) is 5.91 Å². The van der Waals surface area contributed by atoms with Crippen LogP contribution in [0.4, 0.5) is 19.3 Å². The molecule has 0 spiro atoms. The molecule has 3 amide bonds. The molecule has 0 aromatic heterocycles. The first-order valence-electron chi connectivity index (χ1n) is 13.8. The molecule has 0 bridgehead atoms. The molecule has 2 aromatic rings. The SMILES string of the molecule is CC(=O)NC1CCN(CCCN(C(=O)Nc2ccc(F)c(F)c2)[C@@H]2CC[C@]3(c4cccc(C#N)c4)CC3C2)C1. The Labute approximate surface area is 228 Å². The third-order valence-corrected chi connectivity index (χ3v) is 8.70. The zero-order valence-electron chi connectivity index (χ0n) is 22.3. The highest BCUT2D eigenvalue weighted by Crippen LogP contribution is 2.62. The minimum absolute atomic E-state index is 0.0188. The Morgan fingerprint density at radius 2 is 2.03 bits per heavy atom. The summed E-state index contributed by atoms with van der Waals surface area (Å²) in [7, 11) is 0. The van der Waals surface area contributed by atoms with Crippen LogP contribution >= 0.6 is 0 Å². The van der Waals surface area contributed by atoms with Crippen LogP contribution in [0.15, 0.2) is 42.5 Å². The smallest absolute Gasteiger partial charge is 0.322 e. The predicted molar refractivity (Wildman–Crippen MR) is 144 cm³/mol. The van der Waals surface area contributed by atoms with Gasteiger partial charge in [0.05, 0.1) is 11.6 Å². The van der Waals surface area contributed by atoms with Crippen LogP contribution in [0, 0.1) is 28.9 Å². The quantitative estimate of drug-likeness (QED) is 0.509. The van der Waals surface area contributed by atoms with Crippen LogP contribution in [0.25, 0.3) is 0 Å². The summed E-state index contributed by atoms with van der Waals surface area (Å²) in [5, 5.41) is 15.1. The van der Waals surface area contributed by atoms with Crippen molar-refractivity contribution in [2.45, 2.75) is 62.9 Å². The van der Waals surface area contributed by atoms with Gasteiger partial charge in [-0.1, -0.05) is 12.1 Å². The number of amides is 3. The van der Waals surface area contributed by atoms with Gasteiger partial charge in [0.15, 0.2) is 11.6 Å². The molecule has 2 unspecified atom stereocenters. The Kier molecular flexibility index (Phi) is 7.85. The van der Waals surface area contributed by atoms with E-state index in [4.69, 9.17) is 0 Å². The van der Waals surface area contributed by atoms with Crippen molar-refractivity contribution in [2.24, 2.45) is 5.92 Å². The van der Waals surface area contributed by atoms with Crippen molar-refractivity contribution in [1.82, 2.24) is 15.1 Å². The highest BCUT2D eigenvalue weighted by molar-refractivity contribution is 5.89. The highest BCUT2D eigenvalue weighted by Gasteiger charge is 2.58. The van der Waals surface area contributed by atoms with Gasteiger partial charge in [0.1, 0.15) is 0 Å². The van der Waals surface area contributed by atoms with E-state index in [1.165, 1.54) is 18.6 Å². The molecule has 2 aromatic carbocycles. The standard InChI is InChI=1S/C30H35F2N5O2/c1-20(38)34-25-9-13-36(19-25)11-3-12-37(29(39)35-24-6-7-27(31)28(32)16-24)26-8-10-30(17-23(30)15-26)22-5-2-4-21(14-22)18-33/h2,4-7,14,16,23,25-26H,3,8-13,15,17,19H2,1H3,(H,34,38)(H,35,39)/t23?,25?,26-,30-/m1/s1. The summed E-state index contributed by atoms with van der Waals surface area (Å²) in [6.45, 7) is 4.60. The molecule has 0 radical (unpaired) electrons. The Morgan fingerprint density at radius 3 is 2.77 bits per heavy atom. The van der Waals surface area contributed by atoms with Crippen LogP contribution in [0.5, 0.6) is 0 Å². The number of benzene rings is 2. The van der Waals surface area contributed by atoms with Gasteiger partial charge >= 0.3 is 6.03 Å². The van der Waals surface area contributed by atoms with Crippen LogP contribution in [0.3, 0.4) is 0 Å². The van der Waals surface area contributed by atoms with Gasteiger partial charge in [-0.05, 0) is 86.2 Å². The van der Waals surface area contributed by atoms with Crippen molar-refractivity contribution in [3.63, 3.8) is 0 Å². The number of hydrogen-bond acceptors (Lipinski definition) is 4. The molecule has 2 saturated carbocycles. The zero-order chi connectivity index (χ0) is 27.6. The van der Waals surface area contributed by atoms with Crippen molar-refractivity contribution in [3.05, 3.63) is 65.2 Å². The second kappa shape index (κ2) is 11.3. The van der Waals surface area contributed by atoms with Gasteiger partial charge in [-0.25, -0.2) is 13.6 Å². The largest absolute Gasteiger partial charge is 0.352 e. The summed E-state index contributed by atoms with van der Waals surface area (Å²) in [4.78, 5) is 29.0. The van der Waals surface area contributed by atoms with Crippen LogP contribution in [-0.2, 0) is 10.2 Å². The summed E-state index contributed by atoms with van der Waals surface area (Å²) in [5.41, 5.74) is 2.20. The number of rotatable bonds is 8. The maximum Gasteiger partial charge on any atom is 0.322 e. The van der Waals surface area contributed by atoms with E-state index in [1.807, 2.05) is 23.1 Å². The van der Waals surface area contributed by atoms with Gasteiger partial charge in [0.25, 0.3) is 0 Å². The minimum atomic E-state index is -0.998. The highest BCUT2D eigenvalue weighted by atomic mass is 19.2. The molecular formula is C30H35F2N5O2. The first-order valence-corrected chi connectivity index (χ1v) is 13.8. The zero-order valence-corrected chi connectivity index (χ0v) is 22.3. The average molecular weight is 536 g/mol. The van der Waals surface area contributed by atoms with E-state index < -0.39 is 11.6 Å². The number of likely N-dealkylation sites (tertiary alicyclic amines) is 1. The van der Waals surface area contributed by atoms with Crippen LogP contribution in [-0.4, -0.2) is 60.0 Å². The van der Waals surface area contributed by atoms with Crippen LogP contribution in [0.2, 0.25) is 0 Å². The number of nitriles is 1. The van der Waals surface area contributed by atoms with Crippen molar-refractivity contribution < 1.29 is 18.4 Å². The molecule has 3 fully saturated rings. The number of nitrogens with one attached hydrogen (secondary N) is 2. The third-order valence-electron chi connectivity index (χ3n) is 8.70. The molecule has 5 rings (SSSR count). The number of hydrogen-bond donors (Lipinski definition) is 2. The second-order valence-electron chi connectivity index (χ2n) is 11.3. The Bertz CT molecular complexity index is 1280. The van der Waals surface area contributed by atoms with E-state index in [2.05, 4.69) is 27.7 Å². The minimum Gasteiger partial charge on any atom is -0.352 e. The third kappa shape index (κ3) is 6.06. The Morgan fingerprint density at radius 1 is 1.18 bits per heavy atom. The predicted octanol–water partition coefficient (Wildman–Crippen LogP) is 4.78. The fraction of sp³-hybridized carbons (Fsp3) is 0.500. The number of halogens is 2. The summed E-state index contributed by atoms with van der Waals surface area (Å²) in [5.74, 6) is -1.52. The summed E-state index contributed by atoms with van der Waals surface area (Å²) in [6, 6.07) is 13.4. The van der Waals surface area contributed by atoms with E-state index in [-0.39, 0.29) is 35.1 Å². The molecule has 1 heterocycles. The average Bonchev–Trinajstić information content (AvgIpc) is 3.51. The van der Waals surface area contributed by atoms with Gasteiger partial charge < -0.3 is 20.4 Å². The van der Waals surface area contributed by atoms with E-state index >= 15 is 0 Å². The topological polar surface area (TPSA) is 88.5 Å². The normalized spacial score (nSPS) is 25.8. The maximum atomic E-state index is 13.8. The number of nitrogens with zero attached hydrogens (tertiary/aromatic N) is 3. The Hall–Kier alpha value is -3.51. The molecule has 2 aliphatic carbocycles. The van der Waals surface area contributed by atoms with Gasteiger partial charge in [-0.15, -0.1) is 0 Å². The first-order chi connectivity index (χ1) is 18.8. The fourth-order valence-electron chi connectivity index (χ4n) is 6.67. The number of urea groups is 1. The summed E-state index contributed by atoms with van der Waals surface area (Å²) < 4.78 is 27.2. The number of carbonyl (C=O) groups excluding carboxylic acids is 2. The monoisotopic (exact) mass is 535 g/mol. The van der Waals surface area contributed by atoms with E-state index in [9.17, 15) is 23.6 Å². The molecule has 4 atom stereocenters. The van der Waals surface area contributed by atoms with Gasteiger partial charge in [-0.3, -0.25) is 4.79 Å². The van der Waals surface area contributed by atoms with Crippen molar-refractivity contribution >= 4 is 17.6 Å². The summed E-state index contributed by atoms with van der Waals surface area (Å²) in [6.07, 6.45) is 5.39. The number of carbonyl (C=O) groups is 2. The molecule has 206 valence electrons. The van der Waals surface area contributed by atoms with Crippen LogP contribution in [0.1, 0.15) is 56.6 Å². The lowest BCUT2D eigenvalue weighted by molar-refractivity contribution is -0.119. The molecule has 3 aliphatic rings. The van der Waals surface area contributed by atoms with Crippen molar-refractivity contribution in [2.75, 3.05) is 31.5 Å². The lowest BCUT2D eigenvalue weighted by atomic mass is 9.80. The van der Waals surface area contributed by atoms with E-state index in [0.717, 1.165) is 70.3 Å². The van der Waals surface area contributed by atoms with Gasteiger partial charge in [0, 0.05) is 50.4 Å². The molecule has 1 aliphatic heterocycles. The molecule has 2 N–H and O–H groups in total. The lowest BCUT2D eigenvalue weighted by Crippen LogP contribution is -2.46. The molecule has 39 heavy (non-hydrogen) atoms. The number of anilines is 1. The maximum absolute atomic E-state index is 13.8. The Balaban J connectivity index is 1.24.